The summed E-state index contributed by atoms with van der Waals surface area (Å²) < 4.78 is 0. The molecule has 2 aromatic rings. The zero-order chi connectivity index (χ0) is 14.7. The fraction of sp³-hybridized carbons (Fsp3) is 0. The number of pyridine rings is 1. The summed E-state index contributed by atoms with van der Waals surface area (Å²) in [6, 6.07) is 6.27. The van der Waals surface area contributed by atoms with Crippen LogP contribution in [0.5, 0.6) is 5.75 Å². The summed E-state index contributed by atoms with van der Waals surface area (Å²) in [7, 11) is 0. The van der Waals surface area contributed by atoms with Gasteiger partial charge in [0.1, 0.15) is 10.9 Å². The molecular formula is C12H8ClN3O4. The van der Waals surface area contributed by atoms with Crippen molar-refractivity contribution >= 4 is 28.9 Å². The highest BCUT2D eigenvalue weighted by molar-refractivity contribution is 6.33. The number of carbonyl (C=O) groups excluding carboxylic acids is 1. The van der Waals surface area contributed by atoms with Gasteiger partial charge in [-0.15, -0.1) is 0 Å². The fourth-order valence-electron chi connectivity index (χ4n) is 1.48. The summed E-state index contributed by atoms with van der Waals surface area (Å²) in [6.45, 7) is 0. The van der Waals surface area contributed by atoms with E-state index in [1.165, 1.54) is 18.3 Å². The van der Waals surface area contributed by atoms with Crippen molar-refractivity contribution in [3.63, 3.8) is 0 Å². The van der Waals surface area contributed by atoms with Gasteiger partial charge in [0.25, 0.3) is 11.6 Å². The minimum absolute atomic E-state index is 0.00470. The quantitative estimate of drug-likeness (QED) is 0.391. The minimum atomic E-state index is -0.633. The van der Waals surface area contributed by atoms with E-state index in [4.69, 9.17) is 11.6 Å². The summed E-state index contributed by atoms with van der Waals surface area (Å²) in [5.41, 5.74) is -0.237. The van der Waals surface area contributed by atoms with Gasteiger partial charge in [-0.3, -0.25) is 14.9 Å². The third kappa shape index (κ3) is 2.83. The Bertz CT molecular complexity index is 690. The molecule has 0 aliphatic rings. The number of phenols is 1. The van der Waals surface area contributed by atoms with Crippen molar-refractivity contribution in [2.45, 2.75) is 0 Å². The Morgan fingerprint density at radius 2 is 2.15 bits per heavy atom. The fourth-order valence-corrected chi connectivity index (χ4v) is 1.69. The molecule has 0 spiro atoms. The third-order valence-corrected chi connectivity index (χ3v) is 2.74. The predicted molar refractivity (Wildman–Crippen MR) is 72.0 cm³/mol. The number of phenolic OH excluding ortho intramolecular Hbond substituents is 1. The van der Waals surface area contributed by atoms with Crippen molar-refractivity contribution in [3.8, 4) is 5.75 Å². The molecule has 0 aliphatic carbocycles. The molecular weight excluding hydrogens is 286 g/mol. The summed E-state index contributed by atoms with van der Waals surface area (Å²) in [4.78, 5) is 25.7. The van der Waals surface area contributed by atoms with Crippen LogP contribution in [0.1, 0.15) is 10.4 Å². The summed E-state index contributed by atoms with van der Waals surface area (Å²) in [5, 5.41) is 22.6. The number of amides is 1. The number of carbonyl (C=O) groups is 1. The van der Waals surface area contributed by atoms with Crippen LogP contribution in [0.2, 0.25) is 5.15 Å². The molecule has 0 saturated carbocycles. The highest BCUT2D eigenvalue weighted by atomic mass is 35.5. The number of non-ortho nitro benzene ring substituents is 1. The van der Waals surface area contributed by atoms with Gasteiger partial charge in [-0.2, -0.15) is 0 Å². The number of halogens is 1. The van der Waals surface area contributed by atoms with E-state index in [1.54, 1.807) is 0 Å². The first-order valence-electron chi connectivity index (χ1n) is 5.38. The van der Waals surface area contributed by atoms with Gasteiger partial charge >= 0.3 is 0 Å². The Morgan fingerprint density at radius 1 is 1.40 bits per heavy atom. The zero-order valence-electron chi connectivity index (χ0n) is 9.91. The molecule has 0 atom stereocenters. The van der Waals surface area contributed by atoms with E-state index in [2.05, 4.69) is 10.3 Å². The SMILES string of the molecule is O=C(Nc1cc([N+](=O)[O-])ccc1O)c1cccnc1Cl. The van der Waals surface area contributed by atoms with Gasteiger partial charge < -0.3 is 10.4 Å². The number of aromatic hydroxyl groups is 1. The highest BCUT2D eigenvalue weighted by Crippen LogP contribution is 2.28. The lowest BCUT2D eigenvalue weighted by molar-refractivity contribution is -0.384. The van der Waals surface area contributed by atoms with Crippen LogP contribution < -0.4 is 5.32 Å². The Kier molecular flexibility index (Phi) is 3.81. The van der Waals surface area contributed by atoms with Gasteiger partial charge in [-0.05, 0) is 18.2 Å². The maximum absolute atomic E-state index is 12.0. The molecule has 1 heterocycles. The van der Waals surface area contributed by atoms with Gasteiger partial charge in [0.2, 0.25) is 0 Å². The Hall–Kier alpha value is -2.67. The standard InChI is InChI=1S/C12H8ClN3O4/c13-11-8(2-1-5-14-11)12(18)15-9-6-7(16(19)20)3-4-10(9)17/h1-6,17H,(H,15,18). The molecule has 8 heteroatoms. The molecule has 2 N–H and O–H groups in total. The van der Waals surface area contributed by atoms with Crippen LogP contribution in [-0.4, -0.2) is 20.9 Å². The van der Waals surface area contributed by atoms with Crippen LogP contribution in [0.15, 0.2) is 36.5 Å². The monoisotopic (exact) mass is 293 g/mol. The molecule has 102 valence electrons. The normalized spacial score (nSPS) is 10.1. The van der Waals surface area contributed by atoms with Gasteiger partial charge in [0, 0.05) is 18.3 Å². The van der Waals surface area contributed by atoms with Crippen LogP contribution in [0, 0.1) is 10.1 Å². The van der Waals surface area contributed by atoms with Crippen molar-refractivity contribution in [1.82, 2.24) is 4.98 Å². The first-order chi connectivity index (χ1) is 9.49. The lowest BCUT2D eigenvalue weighted by Crippen LogP contribution is -2.13. The third-order valence-electron chi connectivity index (χ3n) is 2.44. The second-order valence-electron chi connectivity index (χ2n) is 3.75. The van der Waals surface area contributed by atoms with Crippen molar-refractivity contribution < 1.29 is 14.8 Å². The molecule has 0 saturated heterocycles. The van der Waals surface area contributed by atoms with Gasteiger partial charge in [-0.25, -0.2) is 4.98 Å². The molecule has 20 heavy (non-hydrogen) atoms. The maximum Gasteiger partial charge on any atom is 0.271 e. The van der Waals surface area contributed by atoms with Crippen molar-refractivity contribution in [1.29, 1.82) is 0 Å². The van der Waals surface area contributed by atoms with Crippen molar-refractivity contribution in [2.24, 2.45) is 0 Å². The molecule has 2 rings (SSSR count). The van der Waals surface area contributed by atoms with Crippen molar-refractivity contribution in [3.05, 3.63) is 57.4 Å². The van der Waals surface area contributed by atoms with Crippen LogP contribution in [0.3, 0.4) is 0 Å². The van der Waals surface area contributed by atoms with E-state index in [1.807, 2.05) is 0 Å². The number of nitro groups is 1. The average molecular weight is 294 g/mol. The highest BCUT2D eigenvalue weighted by Gasteiger charge is 2.15. The van der Waals surface area contributed by atoms with E-state index in [-0.39, 0.29) is 27.8 Å². The first-order valence-corrected chi connectivity index (χ1v) is 5.76. The maximum atomic E-state index is 12.0. The Morgan fingerprint density at radius 3 is 2.80 bits per heavy atom. The molecule has 0 fully saturated rings. The number of benzene rings is 1. The summed E-state index contributed by atoms with van der Waals surface area (Å²) in [6.07, 6.45) is 1.42. The van der Waals surface area contributed by atoms with Crippen LogP contribution in [-0.2, 0) is 0 Å². The number of nitrogens with one attached hydrogen (secondary N) is 1. The van der Waals surface area contributed by atoms with Crippen molar-refractivity contribution in [2.75, 3.05) is 5.32 Å². The Labute approximate surface area is 118 Å². The first kappa shape index (κ1) is 13.8. The van der Waals surface area contributed by atoms with E-state index in [0.29, 0.717) is 0 Å². The van der Waals surface area contributed by atoms with Crippen LogP contribution in [0.25, 0.3) is 0 Å². The number of nitrogens with zero attached hydrogens (tertiary/aromatic N) is 2. The van der Waals surface area contributed by atoms with Crippen LogP contribution >= 0.6 is 11.6 Å². The van der Waals surface area contributed by atoms with E-state index >= 15 is 0 Å². The number of hydrogen-bond acceptors (Lipinski definition) is 5. The second-order valence-corrected chi connectivity index (χ2v) is 4.11. The zero-order valence-corrected chi connectivity index (χ0v) is 10.7. The molecule has 0 bridgehead atoms. The van der Waals surface area contributed by atoms with E-state index in [0.717, 1.165) is 18.2 Å². The molecule has 1 aromatic carbocycles. The number of anilines is 1. The number of hydrogen-bond donors (Lipinski definition) is 2. The molecule has 0 unspecified atom stereocenters. The van der Waals surface area contributed by atoms with E-state index < -0.39 is 10.8 Å². The average Bonchev–Trinajstić information content (AvgIpc) is 2.41. The Balaban J connectivity index is 2.30. The van der Waals surface area contributed by atoms with Gasteiger partial charge in [-0.1, -0.05) is 11.6 Å². The van der Waals surface area contributed by atoms with E-state index in [9.17, 15) is 20.0 Å². The molecule has 7 nitrogen and oxygen atoms in total. The number of nitro benzene ring substituents is 1. The minimum Gasteiger partial charge on any atom is -0.506 e. The second kappa shape index (κ2) is 5.54. The molecule has 1 amide bonds. The summed E-state index contributed by atoms with van der Waals surface area (Å²) in [5.74, 6) is -0.914. The molecule has 1 aromatic heterocycles. The molecule has 0 aliphatic heterocycles. The van der Waals surface area contributed by atoms with Crippen LogP contribution in [0.4, 0.5) is 11.4 Å². The lowest BCUT2D eigenvalue weighted by Gasteiger charge is -2.07. The van der Waals surface area contributed by atoms with Gasteiger partial charge in [0.15, 0.2) is 0 Å². The van der Waals surface area contributed by atoms with Gasteiger partial charge in [0.05, 0.1) is 16.2 Å². The predicted octanol–water partition coefficient (Wildman–Crippen LogP) is 2.60. The summed E-state index contributed by atoms with van der Waals surface area (Å²) >= 11 is 5.76. The topological polar surface area (TPSA) is 105 Å². The smallest absolute Gasteiger partial charge is 0.271 e. The molecule has 0 radical (unpaired) electrons. The lowest BCUT2D eigenvalue weighted by atomic mass is 10.2. The largest absolute Gasteiger partial charge is 0.506 e. The number of rotatable bonds is 3. The number of aromatic nitrogens is 1.